The van der Waals surface area contributed by atoms with Crippen molar-refractivity contribution in [3.05, 3.63) is 41.0 Å². The van der Waals surface area contributed by atoms with Crippen molar-refractivity contribution in [2.75, 3.05) is 13.2 Å². The molecule has 0 saturated carbocycles. The Labute approximate surface area is 112 Å². The lowest BCUT2D eigenvalue weighted by atomic mass is 10.1. The molecular weight excluding hydrogens is 242 g/mol. The van der Waals surface area contributed by atoms with Gasteiger partial charge in [0, 0.05) is 12.2 Å². The maximum atomic E-state index is 11.4. The molecule has 0 saturated heterocycles. The molecule has 2 amide bonds. The first kappa shape index (κ1) is 13.3. The maximum absolute atomic E-state index is 11.4. The minimum atomic E-state index is -0.272. The van der Waals surface area contributed by atoms with Gasteiger partial charge in [-0.15, -0.1) is 0 Å². The SMILES string of the molecule is Cc1cc(C)c(OCCN2C(=O)C=CC2=O)c(C)c1. The second kappa shape index (κ2) is 5.26. The number of ether oxygens (including phenoxy) is 1. The summed E-state index contributed by atoms with van der Waals surface area (Å²) in [5, 5.41) is 0. The Morgan fingerprint density at radius 1 is 1.00 bits per heavy atom. The molecule has 0 atom stereocenters. The second-order valence-corrected chi connectivity index (χ2v) is 4.74. The minimum absolute atomic E-state index is 0.272. The number of carbonyl (C=O) groups is 2. The zero-order valence-electron chi connectivity index (χ0n) is 11.4. The van der Waals surface area contributed by atoms with Gasteiger partial charge in [0.05, 0.1) is 6.54 Å². The van der Waals surface area contributed by atoms with Crippen LogP contribution in [0.4, 0.5) is 0 Å². The molecular formula is C15H17NO3. The molecule has 1 aliphatic heterocycles. The molecule has 0 unspecified atom stereocenters. The fourth-order valence-electron chi connectivity index (χ4n) is 2.28. The standard InChI is InChI=1S/C15H17NO3/c1-10-8-11(2)15(12(3)9-10)19-7-6-16-13(17)4-5-14(16)18/h4-5,8-9H,6-7H2,1-3H3. The van der Waals surface area contributed by atoms with Crippen molar-refractivity contribution in [2.45, 2.75) is 20.8 Å². The fourth-order valence-corrected chi connectivity index (χ4v) is 2.28. The lowest BCUT2D eigenvalue weighted by Gasteiger charge is -2.16. The van der Waals surface area contributed by atoms with E-state index >= 15 is 0 Å². The van der Waals surface area contributed by atoms with E-state index in [2.05, 4.69) is 12.1 Å². The average molecular weight is 259 g/mol. The Balaban J connectivity index is 1.97. The molecule has 1 aliphatic rings. The zero-order valence-corrected chi connectivity index (χ0v) is 11.4. The lowest BCUT2D eigenvalue weighted by Crippen LogP contribution is -2.33. The number of hydrogen-bond acceptors (Lipinski definition) is 3. The van der Waals surface area contributed by atoms with Crippen LogP contribution in [0.2, 0.25) is 0 Å². The number of benzene rings is 1. The van der Waals surface area contributed by atoms with E-state index in [1.807, 2.05) is 20.8 Å². The maximum Gasteiger partial charge on any atom is 0.253 e. The molecule has 1 aromatic rings. The third kappa shape index (κ3) is 2.84. The van der Waals surface area contributed by atoms with Gasteiger partial charge in [-0.05, 0) is 31.9 Å². The topological polar surface area (TPSA) is 46.6 Å². The number of amides is 2. The van der Waals surface area contributed by atoms with E-state index in [-0.39, 0.29) is 18.4 Å². The summed E-state index contributed by atoms with van der Waals surface area (Å²) in [6.45, 7) is 6.60. The van der Waals surface area contributed by atoms with Gasteiger partial charge in [-0.3, -0.25) is 14.5 Å². The van der Waals surface area contributed by atoms with Crippen LogP contribution in [0.5, 0.6) is 5.75 Å². The molecule has 0 bridgehead atoms. The second-order valence-electron chi connectivity index (χ2n) is 4.74. The predicted octanol–water partition coefficient (Wildman–Crippen LogP) is 1.92. The molecule has 2 rings (SSSR count). The first-order chi connectivity index (χ1) is 8.99. The van der Waals surface area contributed by atoms with Crippen LogP contribution in [0.1, 0.15) is 16.7 Å². The summed E-state index contributed by atoms with van der Waals surface area (Å²) in [4.78, 5) is 23.9. The van der Waals surface area contributed by atoms with Crippen molar-refractivity contribution >= 4 is 11.8 Å². The van der Waals surface area contributed by atoms with E-state index in [0.29, 0.717) is 6.61 Å². The van der Waals surface area contributed by atoms with Gasteiger partial charge >= 0.3 is 0 Å². The van der Waals surface area contributed by atoms with Crippen molar-refractivity contribution < 1.29 is 14.3 Å². The highest BCUT2D eigenvalue weighted by molar-refractivity contribution is 6.12. The highest BCUT2D eigenvalue weighted by Gasteiger charge is 2.22. The number of carbonyl (C=O) groups excluding carboxylic acids is 2. The van der Waals surface area contributed by atoms with Crippen molar-refractivity contribution in [2.24, 2.45) is 0 Å². The Morgan fingerprint density at radius 3 is 2.05 bits per heavy atom. The van der Waals surface area contributed by atoms with E-state index in [1.165, 1.54) is 22.6 Å². The summed E-state index contributed by atoms with van der Waals surface area (Å²) in [7, 11) is 0. The summed E-state index contributed by atoms with van der Waals surface area (Å²) in [6.07, 6.45) is 2.56. The molecule has 0 radical (unpaired) electrons. The first-order valence-corrected chi connectivity index (χ1v) is 6.23. The van der Waals surface area contributed by atoms with E-state index in [0.717, 1.165) is 16.9 Å². The van der Waals surface area contributed by atoms with Crippen LogP contribution in [-0.4, -0.2) is 29.9 Å². The number of aryl methyl sites for hydroxylation is 3. The lowest BCUT2D eigenvalue weighted by molar-refractivity contribution is -0.137. The monoisotopic (exact) mass is 259 g/mol. The van der Waals surface area contributed by atoms with Crippen LogP contribution in [0.3, 0.4) is 0 Å². The van der Waals surface area contributed by atoms with Gasteiger partial charge in [-0.1, -0.05) is 17.7 Å². The number of rotatable bonds is 4. The van der Waals surface area contributed by atoms with E-state index < -0.39 is 0 Å². The van der Waals surface area contributed by atoms with Gasteiger partial charge in [-0.2, -0.15) is 0 Å². The third-order valence-corrected chi connectivity index (χ3v) is 3.07. The molecule has 0 aliphatic carbocycles. The average Bonchev–Trinajstić information content (AvgIpc) is 2.63. The van der Waals surface area contributed by atoms with Crippen molar-refractivity contribution in [3.8, 4) is 5.75 Å². The van der Waals surface area contributed by atoms with E-state index in [1.54, 1.807) is 0 Å². The third-order valence-electron chi connectivity index (χ3n) is 3.07. The molecule has 1 heterocycles. The van der Waals surface area contributed by atoms with Crippen LogP contribution in [0, 0.1) is 20.8 Å². The smallest absolute Gasteiger partial charge is 0.253 e. The molecule has 4 heteroatoms. The Morgan fingerprint density at radius 2 is 1.53 bits per heavy atom. The van der Waals surface area contributed by atoms with Gasteiger partial charge in [0.2, 0.25) is 0 Å². The molecule has 0 fully saturated rings. The van der Waals surface area contributed by atoms with Crippen molar-refractivity contribution in [1.29, 1.82) is 0 Å². The molecule has 19 heavy (non-hydrogen) atoms. The van der Waals surface area contributed by atoms with Crippen LogP contribution in [-0.2, 0) is 9.59 Å². The summed E-state index contributed by atoms with van der Waals surface area (Å²) < 4.78 is 5.71. The number of nitrogens with zero attached hydrogens (tertiary/aromatic N) is 1. The number of imide groups is 1. The molecule has 100 valence electrons. The highest BCUT2D eigenvalue weighted by atomic mass is 16.5. The van der Waals surface area contributed by atoms with E-state index in [4.69, 9.17) is 4.74 Å². The summed E-state index contributed by atoms with van der Waals surface area (Å²) >= 11 is 0. The predicted molar refractivity (Wildman–Crippen MR) is 72.0 cm³/mol. The van der Waals surface area contributed by atoms with Crippen molar-refractivity contribution in [1.82, 2.24) is 4.90 Å². The summed E-state index contributed by atoms with van der Waals surface area (Å²) in [5.74, 6) is 0.287. The molecule has 0 N–H and O–H groups in total. The van der Waals surface area contributed by atoms with Gasteiger partial charge in [-0.25, -0.2) is 0 Å². The number of hydrogen-bond donors (Lipinski definition) is 0. The van der Waals surface area contributed by atoms with Gasteiger partial charge in [0.1, 0.15) is 12.4 Å². The van der Waals surface area contributed by atoms with Gasteiger partial charge < -0.3 is 4.74 Å². The largest absolute Gasteiger partial charge is 0.491 e. The van der Waals surface area contributed by atoms with Crippen LogP contribution in [0.25, 0.3) is 0 Å². The Kier molecular flexibility index (Phi) is 3.69. The highest BCUT2D eigenvalue weighted by Crippen LogP contribution is 2.24. The fraction of sp³-hybridized carbons (Fsp3) is 0.333. The quantitative estimate of drug-likeness (QED) is 0.776. The van der Waals surface area contributed by atoms with Crippen LogP contribution >= 0.6 is 0 Å². The van der Waals surface area contributed by atoms with Crippen LogP contribution < -0.4 is 4.74 Å². The summed E-state index contributed by atoms with van der Waals surface area (Å²) in [5.41, 5.74) is 3.32. The Hall–Kier alpha value is -2.10. The van der Waals surface area contributed by atoms with Gasteiger partial charge in [0.25, 0.3) is 11.8 Å². The molecule has 1 aromatic carbocycles. The first-order valence-electron chi connectivity index (χ1n) is 6.23. The molecule has 0 aromatic heterocycles. The van der Waals surface area contributed by atoms with E-state index in [9.17, 15) is 9.59 Å². The molecule has 4 nitrogen and oxygen atoms in total. The molecule has 0 spiro atoms. The Bertz CT molecular complexity index is 520. The zero-order chi connectivity index (χ0) is 14.0. The van der Waals surface area contributed by atoms with Crippen molar-refractivity contribution in [3.63, 3.8) is 0 Å². The van der Waals surface area contributed by atoms with Crippen LogP contribution in [0.15, 0.2) is 24.3 Å². The summed E-state index contributed by atoms with van der Waals surface area (Å²) in [6, 6.07) is 4.10. The normalized spacial score (nSPS) is 14.4. The minimum Gasteiger partial charge on any atom is -0.491 e. The van der Waals surface area contributed by atoms with Gasteiger partial charge in [0.15, 0.2) is 0 Å².